The number of urea groups is 1. The molecule has 1 aliphatic heterocycles. The lowest BCUT2D eigenvalue weighted by atomic mass is 9.95. The second-order valence-electron chi connectivity index (χ2n) is 6.56. The average Bonchev–Trinajstić information content (AvgIpc) is 3.37. The maximum Gasteiger partial charge on any atom is 0.326 e. The molecule has 26 heavy (non-hydrogen) atoms. The SMILES string of the molecule is CCC(Sc1nnc(N(C)C(=O)N(C)C2CCCCC2)s1)C1=CSCS1. The van der Waals surface area contributed by atoms with E-state index in [1.54, 1.807) is 23.7 Å². The van der Waals surface area contributed by atoms with Gasteiger partial charge in [-0.05, 0) is 24.7 Å². The summed E-state index contributed by atoms with van der Waals surface area (Å²) in [6.07, 6.45) is 7.01. The molecule has 0 bridgehead atoms. The van der Waals surface area contributed by atoms with Gasteiger partial charge >= 0.3 is 6.03 Å². The molecular weight excluding hydrogens is 404 g/mol. The van der Waals surface area contributed by atoms with E-state index in [0.29, 0.717) is 16.4 Å². The lowest BCUT2D eigenvalue weighted by molar-refractivity contribution is 0.181. The fraction of sp³-hybridized carbons (Fsp3) is 0.706. The van der Waals surface area contributed by atoms with E-state index in [4.69, 9.17) is 0 Å². The molecule has 0 saturated heterocycles. The lowest BCUT2D eigenvalue weighted by Gasteiger charge is -2.33. The zero-order valence-corrected chi connectivity index (χ0v) is 18.8. The molecule has 1 aromatic rings. The third-order valence-corrected chi connectivity index (χ3v) is 9.78. The third kappa shape index (κ3) is 4.91. The molecule has 2 heterocycles. The van der Waals surface area contributed by atoms with Crippen LogP contribution in [0.5, 0.6) is 0 Å². The number of thioether (sulfide) groups is 3. The summed E-state index contributed by atoms with van der Waals surface area (Å²) in [4.78, 5) is 17.8. The maximum atomic E-state index is 12.8. The van der Waals surface area contributed by atoms with Crippen LogP contribution in [0.1, 0.15) is 45.4 Å². The van der Waals surface area contributed by atoms with E-state index in [2.05, 4.69) is 22.5 Å². The molecule has 0 N–H and O–H groups in total. The van der Waals surface area contributed by atoms with Gasteiger partial charge in [-0.3, -0.25) is 4.90 Å². The van der Waals surface area contributed by atoms with Crippen LogP contribution < -0.4 is 4.90 Å². The summed E-state index contributed by atoms with van der Waals surface area (Å²) in [7, 11) is 3.72. The zero-order chi connectivity index (χ0) is 18.5. The van der Waals surface area contributed by atoms with Crippen molar-refractivity contribution in [1.82, 2.24) is 15.1 Å². The van der Waals surface area contributed by atoms with Gasteiger partial charge in [0.1, 0.15) is 0 Å². The van der Waals surface area contributed by atoms with Crippen molar-refractivity contribution in [3.63, 3.8) is 0 Å². The zero-order valence-electron chi connectivity index (χ0n) is 15.5. The van der Waals surface area contributed by atoms with Crippen LogP contribution in [-0.4, -0.2) is 51.6 Å². The first-order chi connectivity index (χ1) is 12.6. The Hall–Kier alpha value is -0.380. The van der Waals surface area contributed by atoms with Crippen molar-refractivity contribution < 1.29 is 4.79 Å². The predicted molar refractivity (Wildman–Crippen MR) is 116 cm³/mol. The first-order valence-electron chi connectivity index (χ1n) is 9.05. The van der Waals surface area contributed by atoms with Crippen LogP contribution in [0.4, 0.5) is 9.93 Å². The first kappa shape index (κ1) is 20.4. The highest BCUT2D eigenvalue weighted by Crippen LogP contribution is 2.43. The molecule has 3 rings (SSSR count). The molecule has 0 spiro atoms. The molecule has 0 radical (unpaired) electrons. The number of amides is 2. The van der Waals surface area contributed by atoms with Gasteiger partial charge in [0.05, 0.1) is 0 Å². The van der Waals surface area contributed by atoms with Crippen molar-refractivity contribution in [2.45, 2.75) is 61.1 Å². The molecule has 1 unspecified atom stereocenters. The highest BCUT2D eigenvalue weighted by atomic mass is 32.2. The minimum Gasteiger partial charge on any atom is -0.324 e. The van der Waals surface area contributed by atoms with Gasteiger partial charge in [0.2, 0.25) is 5.13 Å². The van der Waals surface area contributed by atoms with Crippen LogP contribution in [-0.2, 0) is 0 Å². The molecule has 0 aromatic carbocycles. The normalized spacial score (nSPS) is 19.3. The van der Waals surface area contributed by atoms with E-state index in [0.717, 1.165) is 28.7 Å². The van der Waals surface area contributed by atoms with Crippen LogP contribution in [0.15, 0.2) is 14.7 Å². The van der Waals surface area contributed by atoms with Crippen molar-refractivity contribution >= 4 is 57.8 Å². The van der Waals surface area contributed by atoms with E-state index in [9.17, 15) is 4.79 Å². The molecule has 2 amide bonds. The molecule has 144 valence electrons. The monoisotopic (exact) mass is 430 g/mol. The molecule has 1 aliphatic carbocycles. The molecule has 1 atom stereocenters. The van der Waals surface area contributed by atoms with E-state index in [1.165, 1.54) is 35.5 Å². The number of hydrogen-bond acceptors (Lipinski definition) is 7. The van der Waals surface area contributed by atoms with Crippen LogP contribution in [0.25, 0.3) is 0 Å². The molecular formula is C17H26N4OS4. The second kappa shape index (κ2) is 9.71. The molecule has 1 fully saturated rings. The standard InChI is InChI=1S/C17H26N4OS4/c1-4-13(14-10-23-11-24-14)25-16-19-18-15(26-16)21(3)17(22)20(2)12-8-6-5-7-9-12/h10,12-13H,4-9,11H2,1-3H3. The summed E-state index contributed by atoms with van der Waals surface area (Å²) in [5.41, 5.74) is 0. The van der Waals surface area contributed by atoms with Crippen molar-refractivity contribution in [3.05, 3.63) is 10.3 Å². The summed E-state index contributed by atoms with van der Waals surface area (Å²) >= 11 is 7.06. The summed E-state index contributed by atoms with van der Waals surface area (Å²) < 4.78 is 0.935. The summed E-state index contributed by atoms with van der Waals surface area (Å²) in [5, 5.41) is 13.1. The summed E-state index contributed by atoms with van der Waals surface area (Å²) in [6, 6.07) is 0.371. The number of nitrogens with zero attached hydrogens (tertiary/aromatic N) is 4. The van der Waals surface area contributed by atoms with E-state index in [-0.39, 0.29) is 6.03 Å². The Morgan fingerprint density at radius 2 is 2.08 bits per heavy atom. The van der Waals surface area contributed by atoms with E-state index >= 15 is 0 Å². The highest BCUT2D eigenvalue weighted by Gasteiger charge is 2.27. The molecule has 9 heteroatoms. The van der Waals surface area contributed by atoms with Gasteiger partial charge in [0.15, 0.2) is 4.34 Å². The average molecular weight is 431 g/mol. The van der Waals surface area contributed by atoms with Gasteiger partial charge in [-0.25, -0.2) is 4.79 Å². The number of carbonyl (C=O) groups is 1. The molecule has 1 saturated carbocycles. The highest BCUT2D eigenvalue weighted by molar-refractivity contribution is 8.22. The number of anilines is 1. The van der Waals surface area contributed by atoms with Gasteiger partial charge in [0, 0.05) is 35.4 Å². The van der Waals surface area contributed by atoms with Crippen molar-refractivity contribution in [3.8, 4) is 0 Å². The number of aromatic nitrogens is 2. The van der Waals surface area contributed by atoms with Crippen LogP contribution in [0.2, 0.25) is 0 Å². The Morgan fingerprint density at radius 1 is 1.31 bits per heavy atom. The van der Waals surface area contributed by atoms with Crippen LogP contribution >= 0.6 is 46.6 Å². The third-order valence-electron chi connectivity index (χ3n) is 4.82. The van der Waals surface area contributed by atoms with Crippen molar-refractivity contribution in [2.75, 3.05) is 24.1 Å². The minimum atomic E-state index is 0.0158. The maximum absolute atomic E-state index is 12.8. The fourth-order valence-corrected chi connectivity index (χ4v) is 7.88. The topological polar surface area (TPSA) is 49.3 Å². The van der Waals surface area contributed by atoms with Gasteiger partial charge in [-0.2, -0.15) is 0 Å². The predicted octanol–water partition coefficient (Wildman–Crippen LogP) is 5.51. The lowest BCUT2D eigenvalue weighted by Crippen LogP contribution is -2.45. The van der Waals surface area contributed by atoms with Crippen LogP contribution in [0, 0.1) is 0 Å². The molecule has 5 nitrogen and oxygen atoms in total. The first-order valence-corrected chi connectivity index (χ1v) is 12.8. The molecule has 1 aromatic heterocycles. The Morgan fingerprint density at radius 3 is 2.73 bits per heavy atom. The van der Waals surface area contributed by atoms with Crippen LogP contribution in [0.3, 0.4) is 0 Å². The minimum absolute atomic E-state index is 0.0158. The smallest absolute Gasteiger partial charge is 0.324 e. The van der Waals surface area contributed by atoms with E-state index in [1.807, 2.05) is 35.5 Å². The Kier molecular flexibility index (Phi) is 7.60. The summed E-state index contributed by atoms with van der Waals surface area (Å²) in [5.74, 6) is 0. The van der Waals surface area contributed by atoms with Gasteiger partial charge in [-0.1, -0.05) is 49.3 Å². The second-order valence-corrected chi connectivity index (χ2v) is 11.2. The fourth-order valence-electron chi connectivity index (χ4n) is 3.21. The van der Waals surface area contributed by atoms with Gasteiger partial charge < -0.3 is 4.90 Å². The van der Waals surface area contributed by atoms with E-state index < -0.39 is 0 Å². The van der Waals surface area contributed by atoms with Crippen molar-refractivity contribution in [1.29, 1.82) is 0 Å². The Balaban J connectivity index is 1.61. The quantitative estimate of drug-likeness (QED) is 0.438. The Labute approximate surface area is 172 Å². The molecule has 2 aliphatic rings. The number of rotatable bonds is 6. The number of hydrogen-bond donors (Lipinski definition) is 0. The Bertz CT molecular complexity index is 644. The number of carbonyl (C=O) groups excluding carboxylic acids is 1. The van der Waals surface area contributed by atoms with Gasteiger partial charge in [0.25, 0.3) is 0 Å². The largest absolute Gasteiger partial charge is 0.326 e. The van der Waals surface area contributed by atoms with Gasteiger partial charge in [-0.15, -0.1) is 33.7 Å². The van der Waals surface area contributed by atoms with Crippen molar-refractivity contribution in [2.24, 2.45) is 0 Å². The summed E-state index contributed by atoms with van der Waals surface area (Å²) in [6.45, 7) is 2.21.